The van der Waals surface area contributed by atoms with E-state index in [1.165, 1.54) is 24.6 Å². The van der Waals surface area contributed by atoms with E-state index in [1.807, 2.05) is 6.20 Å². The van der Waals surface area contributed by atoms with Gasteiger partial charge in [0, 0.05) is 37.7 Å². The van der Waals surface area contributed by atoms with Gasteiger partial charge in [-0.05, 0) is 66.8 Å². The van der Waals surface area contributed by atoms with E-state index >= 15 is 0 Å². The van der Waals surface area contributed by atoms with Crippen molar-refractivity contribution in [2.24, 2.45) is 11.8 Å². The van der Waals surface area contributed by atoms with E-state index in [2.05, 4.69) is 42.5 Å². The second-order valence-electron chi connectivity index (χ2n) is 11.0. The lowest BCUT2D eigenvalue weighted by Crippen LogP contribution is -2.54. The van der Waals surface area contributed by atoms with Gasteiger partial charge in [-0.2, -0.15) is 0 Å². The van der Waals surface area contributed by atoms with Crippen LogP contribution in [0.2, 0.25) is 0 Å². The number of rotatable bonds is 9. The van der Waals surface area contributed by atoms with Gasteiger partial charge in [-0.3, -0.25) is 4.79 Å². The fraction of sp³-hybridized carbons (Fsp3) is 0.571. The first-order valence-electron chi connectivity index (χ1n) is 12.7. The number of pyridine rings is 1. The highest BCUT2D eigenvalue weighted by Gasteiger charge is 2.49. The molecular formula is C28H38FN3O3. The van der Waals surface area contributed by atoms with Crippen LogP contribution in [0.4, 0.5) is 4.39 Å². The van der Waals surface area contributed by atoms with Crippen molar-refractivity contribution in [1.82, 2.24) is 15.6 Å². The molecule has 0 bridgehead atoms. The first kappa shape index (κ1) is 25.6. The van der Waals surface area contributed by atoms with Crippen LogP contribution in [0.5, 0.6) is 5.88 Å². The van der Waals surface area contributed by atoms with E-state index in [-0.39, 0.29) is 23.4 Å². The summed E-state index contributed by atoms with van der Waals surface area (Å²) in [5.74, 6) is 1.32. The standard InChI is InChI=1S/C28H38FN3O3/c1-17(2)9-21-10-23-25(14-28(12-18(3)13-28)35-27(23)31-15-21)30-16-26(34)24(32-19(4)33)11-20-5-7-22(29)8-6-20/h5-8,10,15,17-18,24-26,30,34H,9,11-14,16H2,1-4H3,(H,32,33)/t18?,24-,25-,26+,28?/m0/s1. The third-order valence-electron chi connectivity index (χ3n) is 7.08. The molecule has 190 valence electrons. The lowest BCUT2D eigenvalue weighted by atomic mass is 9.67. The van der Waals surface area contributed by atoms with Crippen molar-refractivity contribution in [3.8, 4) is 5.88 Å². The minimum atomic E-state index is -0.821. The average molecular weight is 484 g/mol. The molecule has 2 aliphatic rings. The molecule has 1 amide bonds. The lowest BCUT2D eigenvalue weighted by Gasteiger charge is -2.50. The van der Waals surface area contributed by atoms with Crippen LogP contribution in [0.3, 0.4) is 0 Å². The SMILES string of the molecule is CC(=O)N[C@@H](Cc1ccc(F)cc1)[C@H](O)CN[C@H]1CC2(CC(C)C2)Oc2ncc(CC(C)C)cc21. The van der Waals surface area contributed by atoms with Gasteiger partial charge in [0.05, 0.1) is 12.1 Å². The summed E-state index contributed by atoms with van der Waals surface area (Å²) in [7, 11) is 0. The average Bonchev–Trinajstić information content (AvgIpc) is 2.77. The first-order valence-corrected chi connectivity index (χ1v) is 12.7. The van der Waals surface area contributed by atoms with Crippen LogP contribution < -0.4 is 15.4 Å². The fourth-order valence-electron chi connectivity index (χ4n) is 5.63. The number of aromatic nitrogens is 1. The quantitative estimate of drug-likeness (QED) is 0.500. The Morgan fingerprint density at radius 1 is 1.20 bits per heavy atom. The molecule has 3 N–H and O–H groups in total. The number of hydrogen-bond donors (Lipinski definition) is 3. The molecule has 35 heavy (non-hydrogen) atoms. The fourth-order valence-corrected chi connectivity index (χ4v) is 5.63. The maximum atomic E-state index is 13.3. The largest absolute Gasteiger partial charge is 0.471 e. The Morgan fingerprint density at radius 2 is 1.91 bits per heavy atom. The Kier molecular flexibility index (Phi) is 7.77. The third-order valence-corrected chi connectivity index (χ3v) is 7.08. The molecule has 2 aromatic rings. The summed E-state index contributed by atoms with van der Waals surface area (Å²) in [5.41, 5.74) is 2.87. The molecule has 6 nitrogen and oxygen atoms in total. The summed E-state index contributed by atoms with van der Waals surface area (Å²) in [6, 6.07) is 7.85. The van der Waals surface area contributed by atoms with Gasteiger partial charge in [-0.15, -0.1) is 0 Å². The minimum Gasteiger partial charge on any atom is -0.471 e. The van der Waals surface area contributed by atoms with Crippen molar-refractivity contribution in [1.29, 1.82) is 0 Å². The van der Waals surface area contributed by atoms with Crippen LogP contribution in [0, 0.1) is 17.7 Å². The Labute approximate surface area is 207 Å². The number of nitrogens with one attached hydrogen (secondary N) is 2. The van der Waals surface area contributed by atoms with Crippen LogP contribution in [-0.2, 0) is 17.6 Å². The maximum Gasteiger partial charge on any atom is 0.218 e. The molecule has 1 aromatic carbocycles. The van der Waals surface area contributed by atoms with Gasteiger partial charge >= 0.3 is 0 Å². The Morgan fingerprint density at radius 3 is 2.54 bits per heavy atom. The van der Waals surface area contributed by atoms with Crippen LogP contribution >= 0.6 is 0 Å². The molecule has 1 aliphatic heterocycles. The molecule has 4 rings (SSSR count). The lowest BCUT2D eigenvalue weighted by molar-refractivity contribution is -0.120. The molecule has 1 aromatic heterocycles. The van der Waals surface area contributed by atoms with Crippen LogP contribution in [0.1, 0.15) is 69.7 Å². The molecule has 1 saturated carbocycles. The van der Waals surface area contributed by atoms with E-state index in [9.17, 15) is 14.3 Å². The zero-order valence-corrected chi connectivity index (χ0v) is 21.2. The highest BCUT2D eigenvalue weighted by atomic mass is 19.1. The molecule has 1 aliphatic carbocycles. The van der Waals surface area contributed by atoms with E-state index in [4.69, 9.17) is 4.74 Å². The van der Waals surface area contributed by atoms with E-state index < -0.39 is 12.1 Å². The molecule has 0 saturated heterocycles. The smallest absolute Gasteiger partial charge is 0.218 e. The van der Waals surface area contributed by atoms with Crippen molar-refractivity contribution in [3.05, 3.63) is 59.0 Å². The third kappa shape index (κ3) is 6.39. The van der Waals surface area contributed by atoms with Gasteiger partial charge in [0.1, 0.15) is 11.4 Å². The van der Waals surface area contributed by atoms with Crippen LogP contribution in [-0.4, -0.2) is 40.3 Å². The molecule has 0 radical (unpaired) electrons. The molecule has 1 fully saturated rings. The number of carbonyl (C=O) groups excluding carboxylic acids is 1. The zero-order valence-electron chi connectivity index (χ0n) is 21.2. The van der Waals surface area contributed by atoms with Crippen molar-refractivity contribution in [2.45, 2.75) is 83.6 Å². The zero-order chi connectivity index (χ0) is 25.2. The number of hydrogen-bond acceptors (Lipinski definition) is 5. The number of ether oxygens (including phenoxy) is 1. The number of halogens is 1. The van der Waals surface area contributed by atoms with Gasteiger partial charge in [-0.1, -0.05) is 32.9 Å². The number of nitrogens with zero attached hydrogens (tertiary/aromatic N) is 1. The molecule has 7 heteroatoms. The Hall–Kier alpha value is -2.51. The predicted molar refractivity (Wildman–Crippen MR) is 134 cm³/mol. The van der Waals surface area contributed by atoms with E-state index in [1.54, 1.807) is 12.1 Å². The summed E-state index contributed by atoms with van der Waals surface area (Å²) in [4.78, 5) is 16.5. The predicted octanol–water partition coefficient (Wildman–Crippen LogP) is 4.11. The van der Waals surface area contributed by atoms with Gasteiger partial charge in [0.15, 0.2) is 0 Å². The monoisotopic (exact) mass is 483 g/mol. The van der Waals surface area contributed by atoms with Crippen molar-refractivity contribution >= 4 is 5.91 Å². The highest BCUT2D eigenvalue weighted by molar-refractivity contribution is 5.73. The van der Waals surface area contributed by atoms with Gasteiger partial charge in [-0.25, -0.2) is 9.37 Å². The van der Waals surface area contributed by atoms with Crippen molar-refractivity contribution < 1.29 is 19.0 Å². The van der Waals surface area contributed by atoms with Crippen LogP contribution in [0.25, 0.3) is 0 Å². The number of aliphatic hydroxyl groups is 1. The molecular weight excluding hydrogens is 445 g/mol. The van der Waals surface area contributed by atoms with Crippen molar-refractivity contribution in [3.63, 3.8) is 0 Å². The second-order valence-corrected chi connectivity index (χ2v) is 11.0. The number of fused-ring (bicyclic) bond motifs is 1. The summed E-state index contributed by atoms with van der Waals surface area (Å²) >= 11 is 0. The normalized spacial score (nSPS) is 24.9. The van der Waals surface area contributed by atoms with Crippen LogP contribution in [0.15, 0.2) is 36.5 Å². The highest BCUT2D eigenvalue weighted by Crippen LogP contribution is 2.50. The number of carbonyl (C=O) groups is 1. The van der Waals surface area contributed by atoms with Gasteiger partial charge in [0.25, 0.3) is 0 Å². The molecule has 3 atom stereocenters. The molecule has 1 spiro atoms. The van der Waals surface area contributed by atoms with Gasteiger partial charge in [0.2, 0.25) is 11.8 Å². The topological polar surface area (TPSA) is 83.5 Å². The molecule has 0 unspecified atom stereocenters. The molecule has 2 heterocycles. The summed E-state index contributed by atoms with van der Waals surface area (Å²) < 4.78 is 19.7. The van der Waals surface area contributed by atoms with Gasteiger partial charge < -0.3 is 20.5 Å². The summed E-state index contributed by atoms with van der Waals surface area (Å²) in [5, 5.41) is 17.5. The summed E-state index contributed by atoms with van der Waals surface area (Å²) in [6.45, 7) is 8.36. The number of benzene rings is 1. The number of amides is 1. The Bertz CT molecular complexity index is 1020. The maximum absolute atomic E-state index is 13.3. The first-order chi connectivity index (χ1) is 16.6. The second kappa shape index (κ2) is 10.6. The Balaban J connectivity index is 1.49. The minimum absolute atomic E-state index is 0.00399. The van der Waals surface area contributed by atoms with E-state index in [0.29, 0.717) is 30.7 Å². The summed E-state index contributed by atoms with van der Waals surface area (Å²) in [6.07, 6.45) is 5.28. The van der Waals surface area contributed by atoms with Crippen molar-refractivity contribution in [2.75, 3.05) is 6.54 Å². The number of aliphatic hydroxyl groups excluding tert-OH is 1. The van der Waals surface area contributed by atoms with E-state index in [0.717, 1.165) is 36.8 Å².